The lowest BCUT2D eigenvalue weighted by atomic mass is 10.1. The second-order valence-electron chi connectivity index (χ2n) is 2.59. The number of ether oxygens (including phenoxy) is 1. The van der Waals surface area contributed by atoms with Crippen LogP contribution in [0.4, 0.5) is 5.69 Å². The molecule has 1 aromatic carbocycles. The van der Waals surface area contributed by atoms with Gasteiger partial charge in [-0.15, -0.1) is 0 Å². The van der Waals surface area contributed by atoms with Crippen LogP contribution in [-0.2, 0) is 4.74 Å². The first-order valence-electron chi connectivity index (χ1n) is 3.72. The number of nitrogen functional groups attached to an aromatic ring is 1. The molecule has 0 fully saturated rings. The number of methoxy groups -OCH3 is 1. The van der Waals surface area contributed by atoms with E-state index in [2.05, 4.69) is 0 Å². The lowest BCUT2D eigenvalue weighted by Gasteiger charge is -2.01. The Balaban J connectivity index is 2.90. The Labute approximate surface area is 81.4 Å². The number of halogens is 1. The second-order valence-corrected chi connectivity index (χ2v) is 3.00. The third kappa shape index (κ3) is 2.44. The van der Waals surface area contributed by atoms with Gasteiger partial charge in [-0.25, -0.2) is 0 Å². The Kier molecular flexibility index (Phi) is 3.28. The molecular weight excluding hydrogens is 190 g/mol. The zero-order valence-corrected chi connectivity index (χ0v) is 7.97. The van der Waals surface area contributed by atoms with Gasteiger partial charge in [0.2, 0.25) is 0 Å². The fourth-order valence-electron chi connectivity index (χ4n) is 0.915. The molecule has 0 bridgehead atoms. The summed E-state index contributed by atoms with van der Waals surface area (Å²) in [6.07, 6.45) is 0. The maximum atomic E-state index is 11.3. The van der Waals surface area contributed by atoms with E-state index >= 15 is 0 Å². The standard InChI is InChI=1S/C9H10ClNO2/c1-13-5-9(12)6-2-3-8(11)7(10)4-6/h2-4H,5,11H2,1H3. The van der Waals surface area contributed by atoms with Crippen LogP contribution < -0.4 is 5.73 Å². The summed E-state index contributed by atoms with van der Waals surface area (Å²) in [6, 6.07) is 4.77. The van der Waals surface area contributed by atoms with Crippen LogP contribution in [0.3, 0.4) is 0 Å². The summed E-state index contributed by atoms with van der Waals surface area (Å²) >= 11 is 5.74. The predicted octanol–water partition coefficient (Wildman–Crippen LogP) is 1.75. The molecule has 2 N–H and O–H groups in total. The van der Waals surface area contributed by atoms with Gasteiger partial charge in [0.1, 0.15) is 6.61 Å². The van der Waals surface area contributed by atoms with Gasteiger partial charge in [0.05, 0.1) is 10.7 Å². The Morgan fingerprint density at radius 1 is 1.62 bits per heavy atom. The van der Waals surface area contributed by atoms with Gasteiger partial charge in [0, 0.05) is 12.7 Å². The lowest BCUT2D eigenvalue weighted by molar-refractivity contribution is 0.0848. The molecule has 0 aliphatic carbocycles. The lowest BCUT2D eigenvalue weighted by Crippen LogP contribution is -2.07. The molecular formula is C9H10ClNO2. The summed E-state index contributed by atoms with van der Waals surface area (Å²) in [6.45, 7) is 0.0558. The zero-order valence-electron chi connectivity index (χ0n) is 7.21. The van der Waals surface area contributed by atoms with Gasteiger partial charge >= 0.3 is 0 Å². The number of hydrogen-bond acceptors (Lipinski definition) is 3. The van der Waals surface area contributed by atoms with Gasteiger partial charge in [-0.1, -0.05) is 11.6 Å². The molecule has 0 unspecified atom stereocenters. The molecule has 0 spiro atoms. The van der Waals surface area contributed by atoms with E-state index in [1.54, 1.807) is 12.1 Å². The van der Waals surface area contributed by atoms with Crippen molar-refractivity contribution in [2.75, 3.05) is 19.5 Å². The number of benzene rings is 1. The number of carbonyl (C=O) groups excluding carboxylic acids is 1. The normalized spacial score (nSPS) is 10.0. The van der Waals surface area contributed by atoms with Crippen molar-refractivity contribution < 1.29 is 9.53 Å². The van der Waals surface area contributed by atoms with Crippen molar-refractivity contribution in [3.05, 3.63) is 28.8 Å². The van der Waals surface area contributed by atoms with Crippen LogP contribution in [0.2, 0.25) is 5.02 Å². The molecule has 0 saturated heterocycles. The first kappa shape index (κ1) is 10.0. The van der Waals surface area contributed by atoms with Crippen LogP contribution in [0.15, 0.2) is 18.2 Å². The summed E-state index contributed by atoms with van der Waals surface area (Å²) in [4.78, 5) is 11.3. The average Bonchev–Trinajstić information content (AvgIpc) is 2.10. The highest BCUT2D eigenvalue weighted by Crippen LogP contribution is 2.19. The van der Waals surface area contributed by atoms with Crippen LogP contribution in [0.1, 0.15) is 10.4 Å². The van der Waals surface area contributed by atoms with Crippen LogP contribution >= 0.6 is 11.6 Å². The summed E-state index contributed by atoms with van der Waals surface area (Å²) < 4.78 is 4.70. The van der Waals surface area contributed by atoms with Crippen LogP contribution in [-0.4, -0.2) is 19.5 Å². The summed E-state index contributed by atoms with van der Waals surface area (Å²) in [5.41, 5.74) is 6.47. The number of anilines is 1. The molecule has 0 aliphatic heterocycles. The Morgan fingerprint density at radius 3 is 2.85 bits per heavy atom. The van der Waals surface area contributed by atoms with E-state index < -0.39 is 0 Å². The number of carbonyl (C=O) groups is 1. The van der Waals surface area contributed by atoms with Crippen molar-refractivity contribution >= 4 is 23.1 Å². The Hall–Kier alpha value is -1.06. The maximum absolute atomic E-state index is 11.3. The molecule has 0 atom stereocenters. The van der Waals surface area contributed by atoms with E-state index in [1.807, 2.05) is 0 Å². The average molecular weight is 200 g/mol. The zero-order chi connectivity index (χ0) is 9.84. The minimum absolute atomic E-state index is 0.0558. The molecule has 0 radical (unpaired) electrons. The van der Waals surface area contributed by atoms with Crippen LogP contribution in [0, 0.1) is 0 Å². The van der Waals surface area contributed by atoms with E-state index in [0.717, 1.165) is 0 Å². The fourth-order valence-corrected chi connectivity index (χ4v) is 1.10. The summed E-state index contributed by atoms with van der Waals surface area (Å²) in [5.74, 6) is -0.107. The topological polar surface area (TPSA) is 52.3 Å². The second kappa shape index (κ2) is 4.25. The van der Waals surface area contributed by atoms with E-state index in [1.165, 1.54) is 13.2 Å². The molecule has 4 heteroatoms. The predicted molar refractivity (Wildman–Crippen MR) is 52.1 cm³/mol. The third-order valence-electron chi connectivity index (χ3n) is 1.60. The molecule has 13 heavy (non-hydrogen) atoms. The summed E-state index contributed by atoms with van der Waals surface area (Å²) in [5, 5.41) is 0.391. The number of Topliss-reactive ketones (excluding diaryl/α,β-unsaturated/α-hetero) is 1. The van der Waals surface area contributed by atoms with E-state index in [4.69, 9.17) is 22.1 Å². The number of ketones is 1. The highest BCUT2D eigenvalue weighted by molar-refractivity contribution is 6.33. The van der Waals surface area contributed by atoms with Crippen LogP contribution in [0.25, 0.3) is 0 Å². The molecule has 1 aromatic rings. The van der Waals surface area contributed by atoms with Crippen molar-refractivity contribution in [1.82, 2.24) is 0 Å². The fraction of sp³-hybridized carbons (Fsp3) is 0.222. The van der Waals surface area contributed by atoms with Gasteiger partial charge in [-0.2, -0.15) is 0 Å². The number of rotatable bonds is 3. The van der Waals surface area contributed by atoms with Crippen molar-refractivity contribution in [2.24, 2.45) is 0 Å². The molecule has 70 valence electrons. The van der Waals surface area contributed by atoms with Gasteiger partial charge in [-0.05, 0) is 18.2 Å². The molecule has 0 aromatic heterocycles. The first-order valence-corrected chi connectivity index (χ1v) is 4.10. The molecule has 0 heterocycles. The third-order valence-corrected chi connectivity index (χ3v) is 1.93. The molecule has 3 nitrogen and oxygen atoms in total. The molecule has 0 aliphatic rings. The number of hydrogen-bond donors (Lipinski definition) is 1. The highest BCUT2D eigenvalue weighted by Gasteiger charge is 2.06. The van der Waals surface area contributed by atoms with Crippen molar-refractivity contribution in [1.29, 1.82) is 0 Å². The quantitative estimate of drug-likeness (QED) is 0.596. The molecule has 0 amide bonds. The van der Waals surface area contributed by atoms with Gasteiger partial charge < -0.3 is 10.5 Å². The van der Waals surface area contributed by atoms with Crippen molar-refractivity contribution in [3.8, 4) is 0 Å². The van der Waals surface area contributed by atoms with E-state index in [-0.39, 0.29) is 12.4 Å². The smallest absolute Gasteiger partial charge is 0.188 e. The monoisotopic (exact) mass is 199 g/mol. The largest absolute Gasteiger partial charge is 0.398 e. The SMILES string of the molecule is COCC(=O)c1ccc(N)c(Cl)c1. The minimum atomic E-state index is -0.107. The molecule has 1 rings (SSSR count). The Bertz CT molecular complexity index is 325. The van der Waals surface area contributed by atoms with Gasteiger partial charge in [-0.3, -0.25) is 4.79 Å². The van der Waals surface area contributed by atoms with Gasteiger partial charge in [0.25, 0.3) is 0 Å². The van der Waals surface area contributed by atoms with Crippen molar-refractivity contribution in [3.63, 3.8) is 0 Å². The summed E-state index contributed by atoms with van der Waals surface area (Å²) in [7, 11) is 1.47. The molecule has 0 saturated carbocycles. The van der Waals surface area contributed by atoms with Crippen molar-refractivity contribution in [2.45, 2.75) is 0 Å². The van der Waals surface area contributed by atoms with Crippen LogP contribution in [0.5, 0.6) is 0 Å². The highest BCUT2D eigenvalue weighted by atomic mass is 35.5. The Morgan fingerprint density at radius 2 is 2.31 bits per heavy atom. The van der Waals surface area contributed by atoms with Gasteiger partial charge in [0.15, 0.2) is 5.78 Å². The first-order chi connectivity index (χ1) is 6.15. The minimum Gasteiger partial charge on any atom is -0.398 e. The number of nitrogens with two attached hydrogens (primary N) is 1. The van der Waals surface area contributed by atoms with E-state index in [0.29, 0.717) is 16.3 Å². The maximum Gasteiger partial charge on any atom is 0.188 e. The van der Waals surface area contributed by atoms with E-state index in [9.17, 15) is 4.79 Å².